The van der Waals surface area contributed by atoms with Gasteiger partial charge in [-0.25, -0.2) is 4.79 Å². The second kappa shape index (κ2) is 4.35. The Morgan fingerprint density at radius 3 is 2.22 bits per heavy atom. The van der Waals surface area contributed by atoms with Crippen molar-refractivity contribution in [3.05, 3.63) is 23.7 Å². The van der Waals surface area contributed by atoms with E-state index in [4.69, 9.17) is 9.52 Å². The summed E-state index contributed by atoms with van der Waals surface area (Å²) in [6, 6.07) is 2.53. The maximum Gasteiger partial charge on any atom is 0.422 e. The maximum absolute atomic E-state index is 12.6. The second-order valence-electron chi connectivity index (χ2n) is 3.79. The van der Waals surface area contributed by atoms with E-state index in [2.05, 4.69) is 0 Å². The molecular formula is C10H10F3NO4. The van der Waals surface area contributed by atoms with Gasteiger partial charge >= 0.3 is 12.1 Å². The van der Waals surface area contributed by atoms with Crippen LogP contribution in [-0.4, -0.2) is 28.7 Å². The minimum atomic E-state index is -5.13. The van der Waals surface area contributed by atoms with Crippen molar-refractivity contribution in [3.8, 4) is 0 Å². The predicted molar refractivity (Wildman–Crippen MR) is 53.0 cm³/mol. The summed E-state index contributed by atoms with van der Waals surface area (Å²) in [6.45, 7) is 1.86. The number of furan rings is 1. The smallest absolute Gasteiger partial charge is 0.422 e. The van der Waals surface area contributed by atoms with Gasteiger partial charge in [0.1, 0.15) is 5.76 Å². The van der Waals surface area contributed by atoms with E-state index in [9.17, 15) is 22.8 Å². The summed E-state index contributed by atoms with van der Waals surface area (Å²) in [5.74, 6) is -3.51. The average Bonchev–Trinajstić information content (AvgIpc) is 2.62. The molecule has 0 aliphatic rings. The molecule has 1 rings (SSSR count). The Labute approximate surface area is 99.6 Å². The fourth-order valence-electron chi connectivity index (χ4n) is 1.09. The molecule has 0 saturated carbocycles. The molecule has 8 heteroatoms. The molecule has 2 N–H and O–H groups in total. The van der Waals surface area contributed by atoms with Crippen molar-refractivity contribution in [2.45, 2.75) is 25.6 Å². The van der Waals surface area contributed by atoms with E-state index in [1.807, 2.05) is 0 Å². The number of halogens is 3. The number of carbonyl (C=O) groups is 2. The second-order valence-corrected chi connectivity index (χ2v) is 3.79. The van der Waals surface area contributed by atoms with Crippen LogP contribution in [0.5, 0.6) is 0 Å². The van der Waals surface area contributed by atoms with E-state index in [0.717, 1.165) is 6.07 Å². The summed E-state index contributed by atoms with van der Waals surface area (Å²) in [5.41, 5.74) is -3.37. The summed E-state index contributed by atoms with van der Waals surface area (Å²) in [7, 11) is 0. The molecule has 0 fully saturated rings. The molecule has 0 radical (unpaired) electrons. The lowest BCUT2D eigenvalue weighted by Crippen LogP contribution is -2.61. The molecule has 1 heterocycles. The van der Waals surface area contributed by atoms with Crippen molar-refractivity contribution >= 4 is 11.9 Å². The minimum Gasteiger partial charge on any atom is -0.479 e. The number of carboxylic acids is 1. The molecular weight excluding hydrogens is 255 g/mol. The van der Waals surface area contributed by atoms with E-state index < -0.39 is 23.6 Å². The van der Waals surface area contributed by atoms with Gasteiger partial charge in [0.2, 0.25) is 5.54 Å². The van der Waals surface area contributed by atoms with Gasteiger partial charge in [0, 0.05) is 0 Å². The van der Waals surface area contributed by atoms with Crippen molar-refractivity contribution in [3.63, 3.8) is 0 Å². The van der Waals surface area contributed by atoms with Crippen molar-refractivity contribution < 1.29 is 32.3 Å². The Hall–Kier alpha value is -1.99. The molecule has 18 heavy (non-hydrogen) atoms. The molecule has 0 spiro atoms. The molecule has 100 valence electrons. The first kappa shape index (κ1) is 14.1. The van der Waals surface area contributed by atoms with E-state index in [1.54, 1.807) is 0 Å². The normalized spacial score (nSPS) is 14.9. The summed E-state index contributed by atoms with van der Waals surface area (Å²) in [5, 5.41) is 10.0. The Balaban J connectivity index is 3.00. The molecule has 1 aromatic rings. The quantitative estimate of drug-likeness (QED) is 0.872. The van der Waals surface area contributed by atoms with Gasteiger partial charge in [-0.2, -0.15) is 13.2 Å². The van der Waals surface area contributed by atoms with Gasteiger partial charge in [-0.05, 0) is 26.0 Å². The third-order valence-electron chi connectivity index (χ3n) is 2.32. The van der Waals surface area contributed by atoms with Crippen LogP contribution >= 0.6 is 0 Å². The molecule has 1 unspecified atom stereocenters. The van der Waals surface area contributed by atoms with Crippen LogP contribution < -0.4 is 5.32 Å². The SMILES string of the molecule is Cc1ccc(C(=O)NC(C)(C(=O)O)C(F)(F)F)o1. The highest BCUT2D eigenvalue weighted by molar-refractivity contribution is 5.96. The van der Waals surface area contributed by atoms with Gasteiger partial charge in [-0.1, -0.05) is 0 Å². The molecule has 0 saturated heterocycles. The fraction of sp³-hybridized carbons (Fsp3) is 0.400. The van der Waals surface area contributed by atoms with Gasteiger partial charge in [-0.15, -0.1) is 0 Å². The first-order valence-corrected chi connectivity index (χ1v) is 4.77. The number of hydrogen-bond acceptors (Lipinski definition) is 3. The van der Waals surface area contributed by atoms with Crippen molar-refractivity contribution in [1.29, 1.82) is 0 Å². The number of nitrogens with one attached hydrogen (secondary N) is 1. The third-order valence-corrected chi connectivity index (χ3v) is 2.32. The first-order chi connectivity index (χ1) is 8.08. The standard InChI is InChI=1S/C10H10F3NO4/c1-5-3-4-6(18-5)7(15)14-9(2,8(16)17)10(11,12)13/h3-4H,1-2H3,(H,14,15)(H,16,17). The van der Waals surface area contributed by atoms with Crippen LogP contribution in [0.3, 0.4) is 0 Å². The number of amides is 1. The van der Waals surface area contributed by atoms with Gasteiger partial charge in [-0.3, -0.25) is 4.79 Å². The zero-order chi connectivity index (χ0) is 14.1. The lowest BCUT2D eigenvalue weighted by molar-refractivity contribution is -0.203. The highest BCUT2D eigenvalue weighted by Crippen LogP contribution is 2.30. The maximum atomic E-state index is 12.6. The number of carbonyl (C=O) groups excluding carboxylic acids is 1. The van der Waals surface area contributed by atoms with Crippen LogP contribution in [0.15, 0.2) is 16.5 Å². The predicted octanol–water partition coefficient (Wildman–Crippen LogP) is 1.72. The van der Waals surface area contributed by atoms with Crippen molar-refractivity contribution in [1.82, 2.24) is 5.32 Å². The molecule has 0 aromatic carbocycles. The topological polar surface area (TPSA) is 79.5 Å². The molecule has 1 atom stereocenters. The highest BCUT2D eigenvalue weighted by Gasteiger charge is 2.58. The van der Waals surface area contributed by atoms with Gasteiger partial charge in [0.05, 0.1) is 0 Å². The number of carboxylic acid groups (broad SMARTS) is 1. The Morgan fingerprint density at radius 1 is 1.33 bits per heavy atom. The fourth-order valence-corrected chi connectivity index (χ4v) is 1.09. The zero-order valence-corrected chi connectivity index (χ0v) is 9.46. The summed E-state index contributed by atoms with van der Waals surface area (Å²) in [6.07, 6.45) is -5.13. The lowest BCUT2D eigenvalue weighted by atomic mass is 10.0. The zero-order valence-electron chi connectivity index (χ0n) is 9.46. The summed E-state index contributed by atoms with van der Waals surface area (Å²) >= 11 is 0. The summed E-state index contributed by atoms with van der Waals surface area (Å²) < 4.78 is 42.6. The summed E-state index contributed by atoms with van der Waals surface area (Å²) in [4.78, 5) is 22.1. The largest absolute Gasteiger partial charge is 0.479 e. The van der Waals surface area contributed by atoms with Gasteiger partial charge < -0.3 is 14.8 Å². The monoisotopic (exact) mass is 265 g/mol. The highest BCUT2D eigenvalue weighted by atomic mass is 19.4. The molecule has 1 aromatic heterocycles. The number of alkyl halides is 3. The van der Waals surface area contributed by atoms with Crippen LogP contribution in [0.4, 0.5) is 13.2 Å². The average molecular weight is 265 g/mol. The lowest BCUT2D eigenvalue weighted by Gasteiger charge is -2.28. The van der Waals surface area contributed by atoms with Crippen molar-refractivity contribution in [2.75, 3.05) is 0 Å². The van der Waals surface area contributed by atoms with Crippen LogP contribution in [-0.2, 0) is 4.79 Å². The van der Waals surface area contributed by atoms with Crippen molar-refractivity contribution in [2.24, 2.45) is 0 Å². The van der Waals surface area contributed by atoms with E-state index in [0.29, 0.717) is 12.7 Å². The van der Waals surface area contributed by atoms with Gasteiger partial charge in [0.25, 0.3) is 5.91 Å². The Bertz CT molecular complexity index is 480. The van der Waals surface area contributed by atoms with E-state index in [1.165, 1.54) is 18.3 Å². The van der Waals surface area contributed by atoms with Crippen LogP contribution in [0.25, 0.3) is 0 Å². The molecule has 5 nitrogen and oxygen atoms in total. The number of aliphatic carboxylic acids is 1. The molecule has 1 amide bonds. The van der Waals surface area contributed by atoms with Crippen LogP contribution in [0, 0.1) is 6.92 Å². The van der Waals surface area contributed by atoms with Crippen LogP contribution in [0.1, 0.15) is 23.2 Å². The van der Waals surface area contributed by atoms with Gasteiger partial charge in [0.15, 0.2) is 5.76 Å². The van der Waals surface area contributed by atoms with Crippen LogP contribution in [0.2, 0.25) is 0 Å². The molecule has 0 aliphatic heterocycles. The molecule has 0 aliphatic carbocycles. The molecule has 0 bridgehead atoms. The third kappa shape index (κ3) is 2.47. The Kier molecular flexibility index (Phi) is 3.40. The minimum absolute atomic E-state index is 0.323. The Morgan fingerprint density at radius 2 is 1.89 bits per heavy atom. The first-order valence-electron chi connectivity index (χ1n) is 4.77. The van der Waals surface area contributed by atoms with E-state index >= 15 is 0 Å². The number of rotatable bonds is 3. The number of aryl methyl sites for hydroxylation is 1. The number of hydrogen-bond donors (Lipinski definition) is 2. The van der Waals surface area contributed by atoms with E-state index in [-0.39, 0.29) is 5.76 Å².